The normalized spacial score (nSPS) is 11.8. The summed E-state index contributed by atoms with van der Waals surface area (Å²) in [5.74, 6) is -0.857. The summed E-state index contributed by atoms with van der Waals surface area (Å²) >= 11 is 5.50. The predicted molar refractivity (Wildman–Crippen MR) is 83.1 cm³/mol. The number of nitrogens with zero attached hydrogens (tertiary/aromatic N) is 2. The topological polar surface area (TPSA) is 76.4 Å². The molecular formula is C15H15ClF3N3O2. The summed E-state index contributed by atoms with van der Waals surface area (Å²) in [5, 5.41) is 19.7. The van der Waals surface area contributed by atoms with Crippen LogP contribution in [0.25, 0.3) is 0 Å². The summed E-state index contributed by atoms with van der Waals surface area (Å²) in [5.41, 5.74) is -1.52. The first kappa shape index (κ1) is 19.8. The third-order valence-corrected chi connectivity index (χ3v) is 3.33. The van der Waals surface area contributed by atoms with E-state index in [4.69, 9.17) is 22.0 Å². The number of hydrogen-bond acceptors (Lipinski definition) is 4. The Balaban J connectivity index is 3.02. The lowest BCUT2D eigenvalue weighted by Gasteiger charge is -2.17. The minimum absolute atomic E-state index is 0.136. The molecule has 1 aromatic rings. The molecule has 1 rings (SSSR count). The number of carbonyl (C=O) groups excluding carboxylic acids is 1. The van der Waals surface area contributed by atoms with Crippen molar-refractivity contribution in [1.82, 2.24) is 4.90 Å². The highest BCUT2D eigenvalue weighted by Crippen LogP contribution is 2.36. The van der Waals surface area contributed by atoms with Gasteiger partial charge in [-0.3, -0.25) is 4.79 Å². The number of anilines is 1. The number of hydrogen-bond donors (Lipinski definition) is 2. The van der Waals surface area contributed by atoms with Crippen molar-refractivity contribution in [2.75, 3.05) is 25.0 Å². The SMILES string of the molecule is CCN(/C=C(/C#N)C(=O)Nc1ccc(Cl)c(C(F)(F)F)c1)CCO. The minimum atomic E-state index is -4.66. The van der Waals surface area contributed by atoms with Gasteiger partial charge in [-0.15, -0.1) is 0 Å². The molecule has 0 aliphatic rings. The predicted octanol–water partition coefficient (Wildman–Crippen LogP) is 3.02. The summed E-state index contributed by atoms with van der Waals surface area (Å²) in [6, 6.07) is 4.59. The van der Waals surface area contributed by atoms with E-state index in [0.29, 0.717) is 12.6 Å². The van der Waals surface area contributed by atoms with Crippen LogP contribution in [-0.4, -0.2) is 35.6 Å². The smallest absolute Gasteiger partial charge is 0.395 e. The lowest BCUT2D eigenvalue weighted by Crippen LogP contribution is -2.23. The van der Waals surface area contributed by atoms with Gasteiger partial charge < -0.3 is 15.3 Å². The van der Waals surface area contributed by atoms with E-state index >= 15 is 0 Å². The maximum absolute atomic E-state index is 12.8. The van der Waals surface area contributed by atoms with E-state index in [9.17, 15) is 18.0 Å². The van der Waals surface area contributed by atoms with E-state index in [0.717, 1.165) is 6.07 Å². The number of likely N-dealkylation sites (N-methyl/N-ethyl adjacent to an activating group) is 1. The van der Waals surface area contributed by atoms with E-state index in [-0.39, 0.29) is 24.4 Å². The van der Waals surface area contributed by atoms with Gasteiger partial charge in [0.15, 0.2) is 0 Å². The Labute approximate surface area is 141 Å². The van der Waals surface area contributed by atoms with Gasteiger partial charge >= 0.3 is 6.18 Å². The summed E-state index contributed by atoms with van der Waals surface area (Å²) in [6.07, 6.45) is -3.42. The third kappa shape index (κ3) is 5.44. The van der Waals surface area contributed by atoms with Crippen molar-refractivity contribution in [3.05, 3.63) is 40.6 Å². The maximum atomic E-state index is 12.8. The van der Waals surface area contributed by atoms with Gasteiger partial charge in [0.25, 0.3) is 5.91 Å². The molecule has 9 heteroatoms. The van der Waals surface area contributed by atoms with Gasteiger partial charge in [-0.05, 0) is 25.1 Å². The molecule has 0 aromatic heterocycles. The van der Waals surface area contributed by atoms with Crippen LogP contribution in [0.15, 0.2) is 30.0 Å². The molecule has 0 aliphatic heterocycles. The van der Waals surface area contributed by atoms with Crippen LogP contribution in [0.1, 0.15) is 12.5 Å². The Morgan fingerprint density at radius 3 is 2.67 bits per heavy atom. The lowest BCUT2D eigenvalue weighted by atomic mass is 10.2. The third-order valence-electron chi connectivity index (χ3n) is 3.00. The van der Waals surface area contributed by atoms with Crippen LogP contribution >= 0.6 is 11.6 Å². The number of benzene rings is 1. The highest BCUT2D eigenvalue weighted by atomic mass is 35.5. The molecule has 0 fully saturated rings. The Bertz CT molecular complexity index is 669. The van der Waals surface area contributed by atoms with Gasteiger partial charge in [0.1, 0.15) is 11.6 Å². The van der Waals surface area contributed by atoms with E-state index in [1.165, 1.54) is 17.2 Å². The molecule has 0 atom stereocenters. The first-order valence-electron chi connectivity index (χ1n) is 6.87. The van der Waals surface area contributed by atoms with E-state index in [1.807, 2.05) is 0 Å². The molecule has 0 aliphatic carbocycles. The monoisotopic (exact) mass is 361 g/mol. The zero-order valence-electron chi connectivity index (χ0n) is 12.7. The lowest BCUT2D eigenvalue weighted by molar-refractivity contribution is -0.137. The average Bonchev–Trinajstić information content (AvgIpc) is 2.52. The molecule has 0 unspecified atom stereocenters. The van der Waals surface area contributed by atoms with Gasteiger partial charge in [0.2, 0.25) is 0 Å². The fourth-order valence-corrected chi connectivity index (χ4v) is 2.01. The van der Waals surface area contributed by atoms with Crippen molar-refractivity contribution < 1.29 is 23.1 Å². The number of alkyl halides is 3. The Morgan fingerprint density at radius 2 is 2.17 bits per heavy atom. The van der Waals surface area contributed by atoms with Crippen LogP contribution in [0.3, 0.4) is 0 Å². The van der Waals surface area contributed by atoms with Crippen LogP contribution in [0.4, 0.5) is 18.9 Å². The molecule has 130 valence electrons. The van der Waals surface area contributed by atoms with Crippen LogP contribution < -0.4 is 5.32 Å². The number of carbonyl (C=O) groups is 1. The van der Waals surface area contributed by atoms with E-state index < -0.39 is 22.7 Å². The number of aliphatic hydroxyl groups is 1. The zero-order chi connectivity index (χ0) is 18.3. The van der Waals surface area contributed by atoms with E-state index in [2.05, 4.69) is 5.32 Å². The first-order valence-corrected chi connectivity index (χ1v) is 7.25. The second-order valence-corrected chi connectivity index (χ2v) is 5.06. The molecule has 0 spiro atoms. The molecular weight excluding hydrogens is 347 g/mol. The largest absolute Gasteiger partial charge is 0.417 e. The van der Waals surface area contributed by atoms with Gasteiger partial charge in [-0.1, -0.05) is 11.6 Å². The highest BCUT2D eigenvalue weighted by Gasteiger charge is 2.33. The Morgan fingerprint density at radius 1 is 1.50 bits per heavy atom. The number of aliphatic hydroxyl groups excluding tert-OH is 1. The maximum Gasteiger partial charge on any atom is 0.417 e. The van der Waals surface area contributed by atoms with Crippen molar-refractivity contribution in [3.8, 4) is 6.07 Å². The quantitative estimate of drug-likeness (QED) is 0.603. The average molecular weight is 362 g/mol. The second kappa shape index (κ2) is 8.57. The number of nitrogens with one attached hydrogen (secondary N) is 1. The number of nitriles is 1. The molecule has 2 N–H and O–H groups in total. The number of halogens is 4. The molecule has 0 bridgehead atoms. The van der Waals surface area contributed by atoms with Crippen molar-refractivity contribution in [2.24, 2.45) is 0 Å². The summed E-state index contributed by atoms with van der Waals surface area (Å²) < 4.78 is 38.4. The number of amides is 1. The fourth-order valence-electron chi connectivity index (χ4n) is 1.78. The van der Waals surface area contributed by atoms with Crippen molar-refractivity contribution in [2.45, 2.75) is 13.1 Å². The highest BCUT2D eigenvalue weighted by molar-refractivity contribution is 6.31. The molecule has 0 heterocycles. The van der Waals surface area contributed by atoms with Crippen molar-refractivity contribution in [1.29, 1.82) is 5.26 Å². The molecule has 0 saturated carbocycles. The Kier molecular flexibility index (Phi) is 7.07. The van der Waals surface area contributed by atoms with Crippen LogP contribution in [0, 0.1) is 11.3 Å². The zero-order valence-corrected chi connectivity index (χ0v) is 13.4. The second-order valence-electron chi connectivity index (χ2n) is 4.65. The molecule has 5 nitrogen and oxygen atoms in total. The molecule has 1 amide bonds. The van der Waals surface area contributed by atoms with Gasteiger partial charge in [0.05, 0.1) is 17.2 Å². The molecule has 1 aromatic carbocycles. The van der Waals surface area contributed by atoms with Crippen molar-refractivity contribution >= 4 is 23.2 Å². The summed E-state index contributed by atoms with van der Waals surface area (Å²) in [6.45, 7) is 2.25. The van der Waals surface area contributed by atoms with Crippen molar-refractivity contribution in [3.63, 3.8) is 0 Å². The minimum Gasteiger partial charge on any atom is -0.395 e. The van der Waals surface area contributed by atoms with Gasteiger partial charge in [-0.2, -0.15) is 18.4 Å². The fraction of sp³-hybridized carbons (Fsp3) is 0.333. The standard InChI is InChI=1S/C15H15ClF3N3O2/c1-2-22(5-6-23)9-10(8-20)14(24)21-11-3-4-13(16)12(7-11)15(17,18)19/h3-4,7,9,23H,2,5-6H2,1H3,(H,21,24)/b10-9-. The van der Waals surface area contributed by atoms with E-state index in [1.54, 1.807) is 13.0 Å². The van der Waals surface area contributed by atoms with Crippen LogP contribution in [-0.2, 0) is 11.0 Å². The summed E-state index contributed by atoms with van der Waals surface area (Å²) in [4.78, 5) is 13.6. The molecule has 0 radical (unpaired) electrons. The molecule has 0 saturated heterocycles. The first-order chi connectivity index (χ1) is 11.2. The Hall–Kier alpha value is -2.24. The van der Waals surface area contributed by atoms with Crippen LogP contribution in [0.2, 0.25) is 5.02 Å². The van der Waals surface area contributed by atoms with Gasteiger partial charge in [0, 0.05) is 25.0 Å². The summed E-state index contributed by atoms with van der Waals surface area (Å²) in [7, 11) is 0. The van der Waals surface area contributed by atoms with Crippen LogP contribution in [0.5, 0.6) is 0 Å². The van der Waals surface area contributed by atoms with Gasteiger partial charge in [-0.25, -0.2) is 0 Å². The number of rotatable bonds is 6. The molecule has 24 heavy (non-hydrogen) atoms.